The molecule has 0 atom stereocenters. The smallest absolute Gasteiger partial charge is 0.163 e. The van der Waals surface area contributed by atoms with Gasteiger partial charge in [-0.3, -0.25) is 4.79 Å². The minimum atomic E-state index is 0.167. The second kappa shape index (κ2) is 7.54. The molecule has 18 heavy (non-hydrogen) atoms. The third kappa shape index (κ3) is 3.82. The fourth-order valence-electron chi connectivity index (χ4n) is 1.62. The highest BCUT2D eigenvalue weighted by molar-refractivity contribution is 8.23. The predicted octanol–water partition coefficient (Wildman–Crippen LogP) is 4.00. The number of carbonyl (C=O) groups excluding carboxylic acids is 1. The van der Waals surface area contributed by atoms with Crippen molar-refractivity contribution in [2.45, 2.75) is 32.1 Å². The monoisotopic (exact) mass is 281 g/mol. The van der Waals surface area contributed by atoms with Gasteiger partial charge in [0.1, 0.15) is 4.32 Å². The van der Waals surface area contributed by atoms with Gasteiger partial charge >= 0.3 is 0 Å². The zero-order chi connectivity index (χ0) is 13.5. The number of benzene rings is 1. The van der Waals surface area contributed by atoms with Gasteiger partial charge in [-0.25, -0.2) is 0 Å². The number of thiocarbonyl (C=S) groups is 1. The van der Waals surface area contributed by atoms with E-state index in [2.05, 4.69) is 18.7 Å². The van der Waals surface area contributed by atoms with Crippen LogP contribution in [0.3, 0.4) is 0 Å². The van der Waals surface area contributed by atoms with Crippen LogP contribution in [-0.2, 0) is 0 Å². The van der Waals surface area contributed by atoms with Gasteiger partial charge in [-0.05, 0) is 19.9 Å². The van der Waals surface area contributed by atoms with Gasteiger partial charge in [0, 0.05) is 30.0 Å². The van der Waals surface area contributed by atoms with Gasteiger partial charge in [-0.1, -0.05) is 49.1 Å². The molecule has 1 aromatic carbocycles. The zero-order valence-corrected chi connectivity index (χ0v) is 12.7. The third-order valence-electron chi connectivity index (χ3n) is 2.73. The molecule has 0 spiro atoms. The van der Waals surface area contributed by atoms with E-state index in [1.807, 2.05) is 31.2 Å². The summed E-state index contributed by atoms with van der Waals surface area (Å²) in [4.78, 5) is 14.9. The van der Waals surface area contributed by atoms with Crippen LogP contribution in [0.2, 0.25) is 0 Å². The average molecular weight is 281 g/mol. The SMILES string of the molecule is CCC(=O)c1ccccc1SC(=S)N(CC)CC. The minimum absolute atomic E-state index is 0.167. The summed E-state index contributed by atoms with van der Waals surface area (Å²) in [5.74, 6) is 0.167. The number of Topliss-reactive ketones (excluding diaryl/α,β-unsaturated/α-hetero) is 1. The molecule has 0 aromatic heterocycles. The van der Waals surface area contributed by atoms with Crippen molar-refractivity contribution in [1.82, 2.24) is 4.90 Å². The van der Waals surface area contributed by atoms with Crippen LogP contribution in [0.15, 0.2) is 29.2 Å². The van der Waals surface area contributed by atoms with Crippen molar-refractivity contribution in [1.29, 1.82) is 0 Å². The molecule has 0 saturated carbocycles. The van der Waals surface area contributed by atoms with E-state index in [9.17, 15) is 4.79 Å². The number of ketones is 1. The maximum Gasteiger partial charge on any atom is 0.163 e. The molecule has 0 aliphatic carbocycles. The second-order valence-corrected chi connectivity index (χ2v) is 5.49. The van der Waals surface area contributed by atoms with Gasteiger partial charge in [0.05, 0.1) is 0 Å². The molecule has 0 unspecified atom stereocenters. The van der Waals surface area contributed by atoms with Crippen LogP contribution in [0, 0.1) is 0 Å². The summed E-state index contributed by atoms with van der Waals surface area (Å²) in [6.45, 7) is 7.84. The number of thioether (sulfide) groups is 1. The Hall–Kier alpha value is -0.870. The predicted molar refractivity (Wildman–Crippen MR) is 82.4 cm³/mol. The van der Waals surface area contributed by atoms with Gasteiger partial charge in [-0.2, -0.15) is 0 Å². The number of hydrogen-bond acceptors (Lipinski definition) is 3. The van der Waals surface area contributed by atoms with Gasteiger partial charge in [-0.15, -0.1) is 0 Å². The van der Waals surface area contributed by atoms with E-state index >= 15 is 0 Å². The van der Waals surface area contributed by atoms with E-state index in [4.69, 9.17) is 12.2 Å². The van der Waals surface area contributed by atoms with Crippen molar-refractivity contribution in [3.63, 3.8) is 0 Å². The van der Waals surface area contributed by atoms with E-state index in [1.54, 1.807) is 0 Å². The molecule has 0 fully saturated rings. The molecule has 1 rings (SSSR count). The molecule has 0 N–H and O–H groups in total. The Morgan fingerprint density at radius 2 is 1.83 bits per heavy atom. The van der Waals surface area contributed by atoms with Crippen LogP contribution < -0.4 is 0 Å². The van der Waals surface area contributed by atoms with E-state index in [0.29, 0.717) is 6.42 Å². The first-order valence-corrected chi connectivity index (χ1v) is 7.45. The summed E-state index contributed by atoms with van der Waals surface area (Å²) in [7, 11) is 0. The molecule has 0 bridgehead atoms. The Morgan fingerprint density at radius 1 is 1.22 bits per heavy atom. The summed E-state index contributed by atoms with van der Waals surface area (Å²) in [6, 6.07) is 7.68. The van der Waals surface area contributed by atoms with Gasteiger partial charge in [0.2, 0.25) is 0 Å². The Kier molecular flexibility index (Phi) is 6.36. The second-order valence-electron chi connectivity index (χ2n) is 3.81. The van der Waals surface area contributed by atoms with Crippen molar-refractivity contribution in [2.24, 2.45) is 0 Å². The normalized spacial score (nSPS) is 10.2. The molecule has 0 aliphatic rings. The topological polar surface area (TPSA) is 20.3 Å². The highest BCUT2D eigenvalue weighted by atomic mass is 32.2. The highest BCUT2D eigenvalue weighted by Gasteiger charge is 2.13. The lowest BCUT2D eigenvalue weighted by Crippen LogP contribution is -2.26. The average Bonchev–Trinajstić information content (AvgIpc) is 2.40. The zero-order valence-electron chi connectivity index (χ0n) is 11.1. The summed E-state index contributed by atoms with van der Waals surface area (Å²) in [5, 5.41) is 0. The Bertz CT molecular complexity index is 428. The first-order valence-electron chi connectivity index (χ1n) is 6.22. The van der Waals surface area contributed by atoms with Crippen molar-refractivity contribution in [3.8, 4) is 0 Å². The quantitative estimate of drug-likeness (QED) is 0.461. The van der Waals surface area contributed by atoms with Crippen LogP contribution in [0.4, 0.5) is 0 Å². The minimum Gasteiger partial charge on any atom is -0.358 e. The van der Waals surface area contributed by atoms with Gasteiger partial charge < -0.3 is 4.90 Å². The molecule has 0 amide bonds. The molecule has 1 aromatic rings. The molecule has 0 radical (unpaired) electrons. The summed E-state index contributed by atoms with van der Waals surface area (Å²) >= 11 is 6.92. The van der Waals surface area contributed by atoms with Crippen molar-refractivity contribution >= 4 is 34.1 Å². The molecular formula is C14H19NOS2. The number of carbonyl (C=O) groups is 1. The van der Waals surface area contributed by atoms with Crippen molar-refractivity contribution in [2.75, 3.05) is 13.1 Å². The Morgan fingerprint density at radius 3 is 2.39 bits per heavy atom. The molecule has 98 valence electrons. The van der Waals surface area contributed by atoms with Crippen LogP contribution in [0.5, 0.6) is 0 Å². The van der Waals surface area contributed by atoms with Crippen LogP contribution in [-0.4, -0.2) is 28.1 Å². The summed E-state index contributed by atoms with van der Waals surface area (Å²) < 4.78 is 0.830. The first kappa shape index (κ1) is 15.2. The molecular weight excluding hydrogens is 262 g/mol. The van der Waals surface area contributed by atoms with E-state index < -0.39 is 0 Å². The first-order chi connectivity index (χ1) is 8.63. The number of rotatable bonds is 5. The third-order valence-corrected chi connectivity index (χ3v) is 4.24. The lowest BCUT2D eigenvalue weighted by atomic mass is 10.1. The van der Waals surface area contributed by atoms with E-state index in [0.717, 1.165) is 27.9 Å². The maximum atomic E-state index is 11.9. The van der Waals surface area contributed by atoms with Crippen LogP contribution in [0.1, 0.15) is 37.6 Å². The van der Waals surface area contributed by atoms with Crippen LogP contribution >= 0.6 is 24.0 Å². The molecule has 0 heterocycles. The van der Waals surface area contributed by atoms with E-state index in [-0.39, 0.29) is 5.78 Å². The largest absolute Gasteiger partial charge is 0.358 e. The van der Waals surface area contributed by atoms with Crippen LogP contribution in [0.25, 0.3) is 0 Å². The molecule has 4 heteroatoms. The van der Waals surface area contributed by atoms with Gasteiger partial charge in [0.25, 0.3) is 0 Å². The summed E-state index contributed by atoms with van der Waals surface area (Å²) in [5.41, 5.74) is 0.777. The van der Waals surface area contributed by atoms with Gasteiger partial charge in [0.15, 0.2) is 5.78 Å². The molecule has 0 aliphatic heterocycles. The maximum absolute atomic E-state index is 11.9. The van der Waals surface area contributed by atoms with Crippen molar-refractivity contribution < 1.29 is 4.79 Å². The molecule has 2 nitrogen and oxygen atoms in total. The lowest BCUT2D eigenvalue weighted by Gasteiger charge is -2.21. The van der Waals surface area contributed by atoms with Crippen molar-refractivity contribution in [3.05, 3.63) is 29.8 Å². The standard InChI is InChI=1S/C14H19NOS2/c1-4-12(16)11-9-7-8-10-13(11)18-14(17)15(5-2)6-3/h7-10H,4-6H2,1-3H3. The number of nitrogens with zero attached hydrogens (tertiary/aromatic N) is 1. The Balaban J connectivity index is 2.90. The molecule has 0 saturated heterocycles. The fourth-order valence-corrected chi connectivity index (χ4v) is 3.16. The van der Waals surface area contributed by atoms with E-state index in [1.165, 1.54) is 11.8 Å². The summed E-state index contributed by atoms with van der Waals surface area (Å²) in [6.07, 6.45) is 0.523. The Labute approximate surface area is 119 Å². The number of hydrogen-bond donors (Lipinski definition) is 0. The highest BCUT2D eigenvalue weighted by Crippen LogP contribution is 2.26. The fraction of sp³-hybridized carbons (Fsp3) is 0.429. The lowest BCUT2D eigenvalue weighted by molar-refractivity contribution is 0.0985.